The van der Waals surface area contributed by atoms with Crippen LogP contribution in [0.15, 0.2) is 23.8 Å². The fourth-order valence-electron chi connectivity index (χ4n) is 5.30. The van der Waals surface area contributed by atoms with Crippen molar-refractivity contribution >= 4 is 23.2 Å². The zero-order valence-electron chi connectivity index (χ0n) is 17.6. The molecular formula is C21H27FN6O2S. The quantitative estimate of drug-likeness (QED) is 0.715. The predicted octanol–water partition coefficient (Wildman–Crippen LogP) is 2.68. The molecule has 0 radical (unpaired) electrons. The van der Waals surface area contributed by atoms with Crippen LogP contribution in [0.2, 0.25) is 0 Å². The molecule has 0 N–H and O–H groups in total. The molecule has 166 valence electrons. The summed E-state index contributed by atoms with van der Waals surface area (Å²) in [5.41, 5.74) is 2.64. The molecule has 5 rings (SSSR count). The lowest BCUT2D eigenvalue weighted by atomic mass is 9.78. The third-order valence-electron chi connectivity index (χ3n) is 6.73. The summed E-state index contributed by atoms with van der Waals surface area (Å²) in [6, 6.07) is 3.87. The van der Waals surface area contributed by atoms with Crippen LogP contribution in [0.3, 0.4) is 0 Å². The number of carbonyl (C=O) groups is 1. The van der Waals surface area contributed by atoms with E-state index in [4.69, 9.17) is 4.74 Å². The lowest BCUT2D eigenvalue weighted by Gasteiger charge is -2.48. The second kappa shape index (κ2) is 8.31. The van der Waals surface area contributed by atoms with Gasteiger partial charge in [-0.2, -0.15) is 0 Å². The first-order valence-corrected chi connectivity index (χ1v) is 11.7. The molecule has 2 aliphatic heterocycles. The van der Waals surface area contributed by atoms with Crippen LogP contribution in [0, 0.1) is 5.41 Å². The molecule has 0 aromatic carbocycles. The standard InChI is InChI=1S/C21H27FN6O2S/c1-2-30-20(29)28-12-21(13-28)10-16(22)17(11-21)26-6-8-27(9-7-26)18-15(4-3-5-23-18)19-25-24-14-31-19/h3-5,14,16-17H,2,6-13H2,1H3. The fraction of sp³-hybridized carbons (Fsp3) is 0.619. The molecule has 3 fully saturated rings. The lowest BCUT2D eigenvalue weighted by Crippen LogP contribution is -2.58. The van der Waals surface area contributed by atoms with Gasteiger partial charge < -0.3 is 14.5 Å². The molecule has 3 aliphatic rings. The Morgan fingerprint density at radius 1 is 1.29 bits per heavy atom. The third-order valence-corrected chi connectivity index (χ3v) is 7.45. The number of carbonyl (C=O) groups excluding carboxylic acids is 1. The first-order valence-electron chi connectivity index (χ1n) is 10.8. The Hall–Kier alpha value is -2.33. The molecule has 1 spiro atoms. The smallest absolute Gasteiger partial charge is 0.409 e. The first-order chi connectivity index (χ1) is 15.1. The summed E-state index contributed by atoms with van der Waals surface area (Å²) in [7, 11) is 0. The highest BCUT2D eigenvalue weighted by Gasteiger charge is 2.55. The third kappa shape index (κ3) is 3.87. The number of anilines is 1. The zero-order valence-corrected chi connectivity index (χ0v) is 18.4. The Morgan fingerprint density at radius 2 is 2.10 bits per heavy atom. The Morgan fingerprint density at radius 3 is 2.81 bits per heavy atom. The summed E-state index contributed by atoms with van der Waals surface area (Å²) < 4.78 is 20.1. The van der Waals surface area contributed by atoms with E-state index < -0.39 is 6.17 Å². The normalized spacial score (nSPS) is 25.6. The Labute approximate surface area is 185 Å². The number of likely N-dealkylation sites (tertiary alicyclic amines) is 1. The van der Waals surface area contributed by atoms with E-state index in [0.717, 1.165) is 49.0 Å². The molecule has 1 amide bonds. The number of piperazine rings is 1. The van der Waals surface area contributed by atoms with Crippen molar-refractivity contribution in [1.82, 2.24) is 25.0 Å². The summed E-state index contributed by atoms with van der Waals surface area (Å²) in [5.74, 6) is 0.919. The molecule has 4 heterocycles. The molecule has 31 heavy (non-hydrogen) atoms. The van der Waals surface area contributed by atoms with Crippen LogP contribution >= 0.6 is 11.3 Å². The first kappa shape index (κ1) is 20.6. The van der Waals surface area contributed by atoms with E-state index in [-0.39, 0.29) is 17.6 Å². The van der Waals surface area contributed by atoms with Crippen LogP contribution in [-0.2, 0) is 4.74 Å². The number of ether oxygens (including phenoxy) is 1. The van der Waals surface area contributed by atoms with E-state index in [9.17, 15) is 4.79 Å². The second-order valence-electron chi connectivity index (χ2n) is 8.69. The number of amides is 1. The molecule has 0 bridgehead atoms. The minimum Gasteiger partial charge on any atom is -0.450 e. The minimum absolute atomic E-state index is 0.0714. The molecular weight excluding hydrogens is 419 g/mol. The van der Waals surface area contributed by atoms with Gasteiger partial charge in [-0.15, -0.1) is 10.2 Å². The van der Waals surface area contributed by atoms with Gasteiger partial charge in [0.05, 0.1) is 12.2 Å². The summed E-state index contributed by atoms with van der Waals surface area (Å²) in [5, 5.41) is 9.01. The van der Waals surface area contributed by atoms with E-state index >= 15 is 4.39 Å². The van der Waals surface area contributed by atoms with E-state index in [1.807, 2.05) is 12.1 Å². The van der Waals surface area contributed by atoms with Crippen molar-refractivity contribution in [3.05, 3.63) is 23.8 Å². The molecule has 2 atom stereocenters. The molecule has 8 nitrogen and oxygen atoms in total. The van der Waals surface area contributed by atoms with Gasteiger partial charge in [-0.25, -0.2) is 14.2 Å². The number of hydrogen-bond acceptors (Lipinski definition) is 8. The van der Waals surface area contributed by atoms with Gasteiger partial charge in [-0.3, -0.25) is 4.90 Å². The summed E-state index contributed by atoms with van der Waals surface area (Å²) in [6.45, 7) is 6.60. The Balaban J connectivity index is 1.20. The Kier molecular flexibility index (Phi) is 5.51. The van der Waals surface area contributed by atoms with Crippen LogP contribution < -0.4 is 4.90 Å². The number of hydrogen-bond donors (Lipinski definition) is 0. The molecule has 1 saturated carbocycles. The largest absolute Gasteiger partial charge is 0.450 e. The number of aromatic nitrogens is 3. The number of pyridine rings is 1. The van der Waals surface area contributed by atoms with E-state index in [2.05, 4.69) is 25.0 Å². The summed E-state index contributed by atoms with van der Waals surface area (Å²) in [4.78, 5) is 22.7. The zero-order chi connectivity index (χ0) is 21.4. The van der Waals surface area contributed by atoms with Gasteiger partial charge in [0.25, 0.3) is 0 Å². The summed E-state index contributed by atoms with van der Waals surface area (Å²) >= 11 is 1.50. The Bertz CT molecular complexity index is 914. The van der Waals surface area contributed by atoms with Gasteiger partial charge in [0.2, 0.25) is 0 Å². The number of alkyl halides is 1. The van der Waals surface area contributed by atoms with Crippen LogP contribution in [-0.4, -0.2) is 89.2 Å². The van der Waals surface area contributed by atoms with Gasteiger partial charge in [-0.05, 0) is 31.9 Å². The molecule has 2 aromatic heterocycles. The van der Waals surface area contributed by atoms with E-state index in [1.54, 1.807) is 23.5 Å². The number of rotatable bonds is 4. The summed E-state index contributed by atoms with van der Waals surface area (Å²) in [6.07, 6.45) is 2.03. The van der Waals surface area contributed by atoms with Crippen molar-refractivity contribution in [2.24, 2.45) is 5.41 Å². The molecule has 1 aliphatic carbocycles. The van der Waals surface area contributed by atoms with Crippen molar-refractivity contribution in [3.63, 3.8) is 0 Å². The maximum atomic E-state index is 15.0. The van der Waals surface area contributed by atoms with Crippen molar-refractivity contribution in [2.45, 2.75) is 32.0 Å². The number of nitrogens with zero attached hydrogens (tertiary/aromatic N) is 6. The van der Waals surface area contributed by atoms with Crippen LogP contribution in [0.4, 0.5) is 15.0 Å². The van der Waals surface area contributed by atoms with Crippen molar-refractivity contribution in [1.29, 1.82) is 0 Å². The van der Waals surface area contributed by atoms with Crippen molar-refractivity contribution in [2.75, 3.05) is 50.8 Å². The maximum Gasteiger partial charge on any atom is 0.409 e. The average molecular weight is 447 g/mol. The highest BCUT2D eigenvalue weighted by molar-refractivity contribution is 7.12. The van der Waals surface area contributed by atoms with Crippen LogP contribution in [0.25, 0.3) is 10.6 Å². The van der Waals surface area contributed by atoms with Gasteiger partial charge in [-0.1, -0.05) is 11.3 Å². The van der Waals surface area contributed by atoms with Gasteiger partial charge in [0.1, 0.15) is 17.5 Å². The van der Waals surface area contributed by atoms with Gasteiger partial charge >= 0.3 is 6.09 Å². The molecule has 2 unspecified atom stereocenters. The van der Waals surface area contributed by atoms with E-state index in [0.29, 0.717) is 26.1 Å². The van der Waals surface area contributed by atoms with Gasteiger partial charge in [0.15, 0.2) is 5.01 Å². The minimum atomic E-state index is -0.845. The topological polar surface area (TPSA) is 74.7 Å². The highest BCUT2D eigenvalue weighted by Crippen LogP contribution is 2.48. The van der Waals surface area contributed by atoms with E-state index in [1.165, 1.54) is 11.3 Å². The predicted molar refractivity (Wildman–Crippen MR) is 116 cm³/mol. The van der Waals surface area contributed by atoms with Crippen molar-refractivity contribution in [3.8, 4) is 10.6 Å². The number of halogens is 1. The maximum absolute atomic E-state index is 15.0. The van der Waals surface area contributed by atoms with Crippen LogP contribution in [0.5, 0.6) is 0 Å². The van der Waals surface area contributed by atoms with Crippen LogP contribution in [0.1, 0.15) is 19.8 Å². The molecule has 10 heteroatoms. The fourth-order valence-corrected chi connectivity index (χ4v) is 5.87. The monoisotopic (exact) mass is 446 g/mol. The van der Waals surface area contributed by atoms with Crippen molar-refractivity contribution < 1.29 is 13.9 Å². The lowest BCUT2D eigenvalue weighted by molar-refractivity contribution is -0.00407. The average Bonchev–Trinajstić information content (AvgIpc) is 3.41. The molecule has 2 aromatic rings. The second-order valence-corrected chi connectivity index (χ2v) is 9.52. The van der Waals surface area contributed by atoms with Gasteiger partial charge in [0, 0.05) is 56.9 Å². The molecule has 2 saturated heterocycles. The SMILES string of the molecule is CCOC(=O)N1CC2(CC(F)C(N3CCN(c4ncccc4-c4nncs4)CC3)C2)C1. The highest BCUT2D eigenvalue weighted by atomic mass is 32.1.